The zero-order valence-electron chi connectivity index (χ0n) is 11.5. The molecular weight excluding hydrogens is 291 g/mol. The summed E-state index contributed by atoms with van der Waals surface area (Å²) in [6, 6.07) is 0. The lowest BCUT2D eigenvalue weighted by molar-refractivity contribution is 0.0293. The van der Waals surface area contributed by atoms with Gasteiger partial charge in [0, 0.05) is 30.4 Å². The molecule has 0 fully saturated rings. The van der Waals surface area contributed by atoms with Crippen molar-refractivity contribution < 1.29 is 9.13 Å². The molecule has 2 aliphatic heterocycles. The number of ether oxygens (including phenoxy) is 1. The normalized spacial score (nSPS) is 18.7. The van der Waals surface area contributed by atoms with Crippen LogP contribution in [0.5, 0.6) is 0 Å². The van der Waals surface area contributed by atoms with Crippen molar-refractivity contribution in [2.45, 2.75) is 0 Å². The Morgan fingerprint density at radius 1 is 1.00 bits per heavy atom. The molecule has 0 amide bonds. The van der Waals surface area contributed by atoms with E-state index >= 15 is 0 Å². The van der Waals surface area contributed by atoms with Gasteiger partial charge in [0.1, 0.15) is 19.3 Å². The van der Waals surface area contributed by atoms with Gasteiger partial charge in [0.25, 0.3) is 0 Å². The van der Waals surface area contributed by atoms with E-state index in [1.54, 1.807) is 35.7 Å². The molecular formula is C14H13FN4O3. The van der Waals surface area contributed by atoms with Crippen LogP contribution in [0.1, 0.15) is 0 Å². The van der Waals surface area contributed by atoms with Crippen molar-refractivity contribution in [1.82, 2.24) is 9.80 Å². The van der Waals surface area contributed by atoms with Gasteiger partial charge in [-0.2, -0.15) is 0 Å². The maximum atomic E-state index is 13.6. The molecule has 22 heavy (non-hydrogen) atoms. The SMILES string of the molecule is O=NC=C1C=CN(COCN2C=C/C(=C\N=O)C(F)=C2)C=C1. The summed E-state index contributed by atoms with van der Waals surface area (Å²) in [6.45, 7) is 0.398. The van der Waals surface area contributed by atoms with Crippen molar-refractivity contribution in [3.8, 4) is 0 Å². The zero-order chi connectivity index (χ0) is 15.8. The lowest BCUT2D eigenvalue weighted by Gasteiger charge is -2.23. The molecule has 0 saturated heterocycles. The third kappa shape index (κ3) is 4.32. The molecule has 2 heterocycles. The molecule has 2 aliphatic rings. The second-order valence-corrected chi connectivity index (χ2v) is 4.34. The van der Waals surface area contributed by atoms with E-state index < -0.39 is 5.83 Å². The molecule has 0 unspecified atom stereocenters. The Labute approximate surface area is 126 Å². The first-order chi connectivity index (χ1) is 10.7. The van der Waals surface area contributed by atoms with Crippen molar-refractivity contribution in [3.05, 3.63) is 82.2 Å². The predicted octanol–water partition coefficient (Wildman–Crippen LogP) is 3.20. The van der Waals surface area contributed by atoms with Crippen LogP contribution in [-0.2, 0) is 4.74 Å². The Hall–Kier alpha value is -2.87. The Bertz CT molecular complexity index is 604. The highest BCUT2D eigenvalue weighted by Crippen LogP contribution is 2.19. The largest absolute Gasteiger partial charge is 0.340 e. The van der Waals surface area contributed by atoms with Crippen molar-refractivity contribution in [2.24, 2.45) is 10.4 Å². The standard InChI is InChI=1S/C14H13FN4O3/c15-14-9-19(6-3-13(14)8-17-21)11-22-10-18-4-1-12(2-5-18)7-16-20/h1-9H,10-11H2/b13-8+. The van der Waals surface area contributed by atoms with Gasteiger partial charge in [-0.15, -0.1) is 9.81 Å². The van der Waals surface area contributed by atoms with Gasteiger partial charge in [-0.3, -0.25) is 0 Å². The van der Waals surface area contributed by atoms with E-state index in [9.17, 15) is 14.2 Å². The zero-order valence-corrected chi connectivity index (χ0v) is 11.5. The van der Waals surface area contributed by atoms with Crippen LogP contribution in [0.2, 0.25) is 0 Å². The Morgan fingerprint density at radius 3 is 2.27 bits per heavy atom. The Balaban J connectivity index is 1.78. The van der Waals surface area contributed by atoms with Crippen molar-refractivity contribution in [3.63, 3.8) is 0 Å². The summed E-state index contributed by atoms with van der Waals surface area (Å²) >= 11 is 0. The van der Waals surface area contributed by atoms with Crippen LogP contribution in [0.15, 0.2) is 82.8 Å². The van der Waals surface area contributed by atoms with Gasteiger partial charge in [-0.05, 0) is 34.2 Å². The maximum Gasteiger partial charge on any atom is 0.148 e. The first-order valence-corrected chi connectivity index (χ1v) is 6.30. The minimum atomic E-state index is -0.556. The van der Waals surface area contributed by atoms with E-state index in [0.29, 0.717) is 5.57 Å². The molecule has 0 bridgehead atoms. The molecule has 0 aromatic heterocycles. The van der Waals surface area contributed by atoms with Crippen LogP contribution in [0, 0.1) is 9.81 Å². The van der Waals surface area contributed by atoms with E-state index in [4.69, 9.17) is 4.74 Å². The first kappa shape index (κ1) is 15.5. The fraction of sp³-hybridized carbons (Fsp3) is 0.143. The van der Waals surface area contributed by atoms with E-state index in [1.165, 1.54) is 23.4 Å². The van der Waals surface area contributed by atoms with Crippen molar-refractivity contribution >= 4 is 0 Å². The van der Waals surface area contributed by atoms with Crippen LogP contribution < -0.4 is 0 Å². The number of nitrogens with zero attached hydrogens (tertiary/aromatic N) is 4. The fourth-order valence-electron chi connectivity index (χ4n) is 1.71. The number of halogens is 1. The average molecular weight is 304 g/mol. The lowest BCUT2D eigenvalue weighted by Crippen LogP contribution is -2.23. The van der Waals surface area contributed by atoms with Crippen LogP contribution in [0.25, 0.3) is 0 Å². The minimum Gasteiger partial charge on any atom is -0.340 e. The molecule has 0 aromatic rings. The first-order valence-electron chi connectivity index (χ1n) is 6.30. The molecule has 0 aliphatic carbocycles. The smallest absolute Gasteiger partial charge is 0.148 e. The summed E-state index contributed by atoms with van der Waals surface area (Å²) in [5.41, 5.74) is 0.814. The topological polar surface area (TPSA) is 74.6 Å². The number of nitroso groups, excluding NO2 is 2. The summed E-state index contributed by atoms with van der Waals surface area (Å²) in [6.07, 6.45) is 13.2. The van der Waals surface area contributed by atoms with E-state index in [1.807, 2.05) is 0 Å². The summed E-state index contributed by atoms with van der Waals surface area (Å²) in [5, 5.41) is 5.21. The van der Waals surface area contributed by atoms with Gasteiger partial charge >= 0.3 is 0 Å². The van der Waals surface area contributed by atoms with Gasteiger partial charge < -0.3 is 14.5 Å². The summed E-state index contributed by atoms with van der Waals surface area (Å²) < 4.78 is 19.0. The lowest BCUT2D eigenvalue weighted by atomic mass is 10.2. The number of allylic oxidation sites excluding steroid dienone is 6. The fourth-order valence-corrected chi connectivity index (χ4v) is 1.71. The Morgan fingerprint density at radius 2 is 1.64 bits per heavy atom. The molecule has 0 saturated carbocycles. The highest BCUT2D eigenvalue weighted by Gasteiger charge is 2.10. The van der Waals surface area contributed by atoms with Gasteiger partial charge in [-0.25, -0.2) is 4.39 Å². The molecule has 114 valence electrons. The van der Waals surface area contributed by atoms with Crippen molar-refractivity contribution in [1.29, 1.82) is 0 Å². The van der Waals surface area contributed by atoms with Crippen molar-refractivity contribution in [2.75, 3.05) is 13.5 Å². The monoisotopic (exact) mass is 304 g/mol. The highest BCUT2D eigenvalue weighted by molar-refractivity contribution is 5.37. The molecule has 0 N–H and O–H groups in total. The number of hydrogen-bond acceptors (Lipinski definition) is 7. The van der Waals surface area contributed by atoms with E-state index in [2.05, 4.69) is 10.4 Å². The highest BCUT2D eigenvalue weighted by atomic mass is 19.1. The van der Waals surface area contributed by atoms with Crippen LogP contribution >= 0.6 is 0 Å². The molecule has 2 rings (SSSR count). The number of hydrogen-bond donors (Lipinski definition) is 0. The second-order valence-electron chi connectivity index (χ2n) is 4.34. The number of rotatable bonds is 6. The van der Waals surface area contributed by atoms with Crippen LogP contribution in [-0.4, -0.2) is 23.3 Å². The van der Waals surface area contributed by atoms with Crippen LogP contribution in [0.3, 0.4) is 0 Å². The third-order valence-corrected chi connectivity index (χ3v) is 2.79. The molecule has 0 radical (unpaired) electrons. The summed E-state index contributed by atoms with van der Waals surface area (Å²) in [4.78, 5) is 23.4. The van der Waals surface area contributed by atoms with Gasteiger partial charge in [0.05, 0.1) is 12.4 Å². The van der Waals surface area contributed by atoms with E-state index in [0.717, 1.165) is 6.20 Å². The summed E-state index contributed by atoms with van der Waals surface area (Å²) in [7, 11) is 0. The predicted molar refractivity (Wildman–Crippen MR) is 78.9 cm³/mol. The molecule has 0 aromatic carbocycles. The molecule has 0 spiro atoms. The molecule has 8 heteroatoms. The third-order valence-electron chi connectivity index (χ3n) is 2.79. The van der Waals surface area contributed by atoms with E-state index in [-0.39, 0.29) is 19.0 Å². The van der Waals surface area contributed by atoms with Gasteiger partial charge in [-0.1, -0.05) is 0 Å². The summed E-state index contributed by atoms with van der Waals surface area (Å²) in [5.74, 6) is -0.556. The second kappa shape index (κ2) is 7.79. The quantitative estimate of drug-likeness (QED) is 0.704. The average Bonchev–Trinajstić information content (AvgIpc) is 2.52. The molecule has 7 nitrogen and oxygen atoms in total. The van der Waals surface area contributed by atoms with Gasteiger partial charge in [0.2, 0.25) is 0 Å². The molecule has 0 atom stereocenters. The Kier molecular flexibility index (Phi) is 5.50. The minimum absolute atomic E-state index is 0.122. The van der Waals surface area contributed by atoms with Gasteiger partial charge in [0.15, 0.2) is 0 Å². The maximum absolute atomic E-state index is 13.6. The van der Waals surface area contributed by atoms with Crippen LogP contribution in [0.4, 0.5) is 4.39 Å².